The van der Waals surface area contributed by atoms with Crippen molar-refractivity contribution in [3.8, 4) is 0 Å². The molecule has 0 radical (unpaired) electrons. The first-order chi connectivity index (χ1) is 11.5. The fourth-order valence-corrected chi connectivity index (χ4v) is 2.95. The van der Waals surface area contributed by atoms with Gasteiger partial charge in [0.25, 0.3) is 0 Å². The summed E-state index contributed by atoms with van der Waals surface area (Å²) >= 11 is 0. The molecule has 2 rings (SSSR count). The third kappa shape index (κ3) is 4.82. The Labute approximate surface area is 144 Å². The molecule has 2 aromatic rings. The normalized spacial score (nSPS) is 14.0. The van der Waals surface area contributed by atoms with Crippen LogP contribution in [0.4, 0.5) is 0 Å². The number of rotatable bonds is 7. The zero-order valence-electron chi connectivity index (χ0n) is 14.6. The van der Waals surface area contributed by atoms with E-state index in [1.165, 1.54) is 16.7 Å². The van der Waals surface area contributed by atoms with Gasteiger partial charge in [-0.15, -0.1) is 0 Å². The van der Waals surface area contributed by atoms with E-state index in [0.29, 0.717) is 5.92 Å². The lowest BCUT2D eigenvalue weighted by Gasteiger charge is -2.22. The van der Waals surface area contributed by atoms with Gasteiger partial charge in [-0.3, -0.25) is 4.79 Å². The maximum absolute atomic E-state index is 10.8. The molecule has 0 aromatic heterocycles. The molecule has 0 saturated carbocycles. The summed E-state index contributed by atoms with van der Waals surface area (Å²) in [4.78, 5) is 10.8. The zero-order chi connectivity index (χ0) is 17.5. The molecule has 2 aromatic carbocycles. The van der Waals surface area contributed by atoms with Crippen LogP contribution in [0.1, 0.15) is 61.6 Å². The molecule has 0 aliphatic heterocycles. The van der Waals surface area contributed by atoms with E-state index in [-0.39, 0.29) is 18.3 Å². The molecule has 2 heteroatoms. The van der Waals surface area contributed by atoms with E-state index < -0.39 is 5.97 Å². The van der Waals surface area contributed by atoms with Crippen LogP contribution in [0.2, 0.25) is 0 Å². The van der Waals surface area contributed by atoms with Crippen LogP contribution in [0.15, 0.2) is 66.7 Å². The highest BCUT2D eigenvalue weighted by atomic mass is 16.4. The summed E-state index contributed by atoms with van der Waals surface area (Å²) in [7, 11) is 0. The van der Waals surface area contributed by atoms with Gasteiger partial charge in [0.15, 0.2) is 0 Å². The Morgan fingerprint density at radius 2 is 1.50 bits per heavy atom. The highest BCUT2D eigenvalue weighted by Gasteiger charge is 2.18. The lowest BCUT2D eigenvalue weighted by Crippen LogP contribution is -2.07. The number of carboxylic acid groups (broad SMARTS) is 1. The molecule has 1 N–H and O–H groups in total. The summed E-state index contributed by atoms with van der Waals surface area (Å²) in [5, 5.41) is 8.90. The van der Waals surface area contributed by atoms with Crippen molar-refractivity contribution in [1.29, 1.82) is 0 Å². The van der Waals surface area contributed by atoms with Crippen LogP contribution in [0, 0.1) is 0 Å². The molecule has 2 nitrogen and oxygen atoms in total. The van der Waals surface area contributed by atoms with Crippen molar-refractivity contribution in [3.63, 3.8) is 0 Å². The number of aliphatic carboxylic acids is 1. The lowest BCUT2D eigenvalue weighted by molar-refractivity contribution is -0.136. The van der Waals surface area contributed by atoms with E-state index in [1.807, 2.05) is 24.3 Å². The Morgan fingerprint density at radius 3 is 2.04 bits per heavy atom. The van der Waals surface area contributed by atoms with Gasteiger partial charge in [-0.2, -0.15) is 0 Å². The van der Waals surface area contributed by atoms with Gasteiger partial charge in [0.1, 0.15) is 0 Å². The van der Waals surface area contributed by atoms with E-state index in [2.05, 4.69) is 57.2 Å². The molecule has 126 valence electrons. The van der Waals surface area contributed by atoms with Gasteiger partial charge in [0.2, 0.25) is 0 Å². The first kappa shape index (κ1) is 18.0. The molecule has 0 bridgehead atoms. The van der Waals surface area contributed by atoms with Gasteiger partial charge in [0.05, 0.1) is 6.42 Å². The Kier molecular flexibility index (Phi) is 6.36. The van der Waals surface area contributed by atoms with Crippen molar-refractivity contribution in [3.05, 3.63) is 83.4 Å². The molecule has 0 spiro atoms. The fraction of sp³-hybridized carbons (Fsp3) is 0.318. The summed E-state index contributed by atoms with van der Waals surface area (Å²) in [6, 6.07) is 19.1. The molecular weight excluding hydrogens is 296 g/mol. The second-order valence-corrected chi connectivity index (χ2v) is 6.57. The highest BCUT2D eigenvalue weighted by Crippen LogP contribution is 2.34. The van der Waals surface area contributed by atoms with Crippen LogP contribution >= 0.6 is 0 Å². The van der Waals surface area contributed by atoms with Crippen LogP contribution in [0.25, 0.3) is 0 Å². The van der Waals surface area contributed by atoms with Crippen LogP contribution in [-0.2, 0) is 4.79 Å². The molecule has 0 aliphatic carbocycles. The van der Waals surface area contributed by atoms with Crippen molar-refractivity contribution >= 4 is 5.97 Å². The number of allylic oxidation sites excluding steroid dienone is 1. The minimum Gasteiger partial charge on any atom is -0.481 e. The Bertz CT molecular complexity index is 669. The Hall–Kier alpha value is -2.35. The lowest BCUT2D eigenvalue weighted by atomic mass is 9.82. The summed E-state index contributed by atoms with van der Waals surface area (Å²) in [6.07, 6.45) is 3.86. The second-order valence-electron chi connectivity index (χ2n) is 6.57. The van der Waals surface area contributed by atoms with Crippen LogP contribution in [0.5, 0.6) is 0 Å². The van der Waals surface area contributed by atoms with E-state index in [9.17, 15) is 4.79 Å². The quantitative estimate of drug-likeness (QED) is 0.661. The highest BCUT2D eigenvalue weighted by molar-refractivity contribution is 5.68. The number of benzene rings is 2. The van der Waals surface area contributed by atoms with E-state index in [1.54, 1.807) is 6.08 Å². The molecular formula is C22H26O2. The van der Waals surface area contributed by atoms with E-state index in [0.717, 1.165) is 0 Å². The molecule has 0 heterocycles. The second kappa shape index (κ2) is 8.49. The topological polar surface area (TPSA) is 37.3 Å². The SMILES string of the molecule is CC(C)c1ccc(C(C=CCC(=O)O)C(C)c2ccccc2)cc1. The summed E-state index contributed by atoms with van der Waals surface area (Å²) in [5.41, 5.74) is 3.80. The third-order valence-electron chi connectivity index (χ3n) is 4.49. The molecule has 2 atom stereocenters. The number of carbonyl (C=O) groups is 1. The van der Waals surface area contributed by atoms with Crippen molar-refractivity contribution in [2.75, 3.05) is 0 Å². The van der Waals surface area contributed by atoms with Crippen molar-refractivity contribution in [2.24, 2.45) is 0 Å². The Balaban J connectivity index is 2.31. The molecule has 0 amide bonds. The summed E-state index contributed by atoms with van der Waals surface area (Å²) in [5.74, 6) is 0.147. The van der Waals surface area contributed by atoms with Gasteiger partial charge >= 0.3 is 5.97 Å². The van der Waals surface area contributed by atoms with Gasteiger partial charge < -0.3 is 5.11 Å². The van der Waals surface area contributed by atoms with Crippen molar-refractivity contribution in [1.82, 2.24) is 0 Å². The molecule has 2 unspecified atom stereocenters. The standard InChI is InChI=1S/C22H26O2/c1-16(2)18-12-14-20(15-13-18)21(10-7-11-22(23)24)17(3)19-8-5-4-6-9-19/h4-10,12-17,21H,11H2,1-3H3,(H,23,24). The maximum Gasteiger partial charge on any atom is 0.307 e. The predicted molar refractivity (Wildman–Crippen MR) is 99.5 cm³/mol. The fourth-order valence-electron chi connectivity index (χ4n) is 2.95. The number of hydrogen-bond acceptors (Lipinski definition) is 1. The molecule has 0 saturated heterocycles. The zero-order valence-corrected chi connectivity index (χ0v) is 14.6. The molecule has 0 aliphatic rings. The van der Waals surface area contributed by atoms with Crippen LogP contribution < -0.4 is 0 Å². The average molecular weight is 322 g/mol. The largest absolute Gasteiger partial charge is 0.481 e. The molecule has 24 heavy (non-hydrogen) atoms. The Morgan fingerprint density at radius 1 is 0.917 bits per heavy atom. The van der Waals surface area contributed by atoms with Crippen LogP contribution in [0.3, 0.4) is 0 Å². The number of carboxylic acids is 1. The average Bonchev–Trinajstić information content (AvgIpc) is 2.59. The summed E-state index contributed by atoms with van der Waals surface area (Å²) in [6.45, 7) is 6.57. The van der Waals surface area contributed by atoms with E-state index >= 15 is 0 Å². The van der Waals surface area contributed by atoms with Crippen LogP contribution in [-0.4, -0.2) is 11.1 Å². The third-order valence-corrected chi connectivity index (χ3v) is 4.49. The monoisotopic (exact) mass is 322 g/mol. The maximum atomic E-state index is 10.8. The van der Waals surface area contributed by atoms with Gasteiger partial charge in [-0.25, -0.2) is 0 Å². The predicted octanol–water partition coefficient (Wildman–Crippen LogP) is 5.73. The van der Waals surface area contributed by atoms with E-state index in [4.69, 9.17) is 5.11 Å². The number of hydrogen-bond donors (Lipinski definition) is 1. The summed E-state index contributed by atoms with van der Waals surface area (Å²) < 4.78 is 0. The minimum atomic E-state index is -0.799. The minimum absolute atomic E-state index is 0.0576. The van der Waals surface area contributed by atoms with Crippen molar-refractivity contribution < 1.29 is 9.90 Å². The van der Waals surface area contributed by atoms with Gasteiger partial charge in [-0.05, 0) is 28.5 Å². The van der Waals surface area contributed by atoms with Crippen molar-refractivity contribution in [2.45, 2.75) is 44.9 Å². The first-order valence-electron chi connectivity index (χ1n) is 8.52. The first-order valence-corrected chi connectivity index (χ1v) is 8.52. The smallest absolute Gasteiger partial charge is 0.307 e. The van der Waals surface area contributed by atoms with Gasteiger partial charge in [-0.1, -0.05) is 87.5 Å². The van der Waals surface area contributed by atoms with Gasteiger partial charge in [0, 0.05) is 5.92 Å². The molecule has 0 fully saturated rings.